The van der Waals surface area contributed by atoms with E-state index < -0.39 is 18.6 Å². The molecule has 0 aliphatic carbocycles. The molecule has 18 heavy (non-hydrogen) atoms. The molecule has 0 aliphatic rings. The molecule has 7 nitrogen and oxygen atoms in total. The van der Waals surface area contributed by atoms with Crippen molar-refractivity contribution < 1.29 is 20.1 Å². The quantitative estimate of drug-likeness (QED) is 0.284. The van der Waals surface area contributed by atoms with Gasteiger partial charge >= 0.3 is 0 Å². The van der Waals surface area contributed by atoms with Crippen LogP contribution in [0.25, 0.3) is 0 Å². The highest BCUT2D eigenvalue weighted by atomic mass is 16.3. The third-order valence-corrected chi connectivity index (χ3v) is 2.44. The number of aliphatic hydroxyl groups is 1. The lowest BCUT2D eigenvalue weighted by Gasteiger charge is -2.10. The number of hydrogen-bond donors (Lipinski definition) is 6. The monoisotopic (exact) mass is 255 g/mol. The number of anilines is 1. The zero-order valence-corrected chi connectivity index (χ0v) is 9.76. The lowest BCUT2D eigenvalue weighted by Crippen LogP contribution is -2.43. The van der Waals surface area contributed by atoms with E-state index in [-0.39, 0.29) is 23.7 Å². The van der Waals surface area contributed by atoms with Gasteiger partial charge in [0.25, 0.3) is 0 Å². The van der Waals surface area contributed by atoms with E-state index in [1.165, 1.54) is 12.1 Å². The van der Waals surface area contributed by atoms with E-state index in [1.54, 1.807) is 0 Å². The summed E-state index contributed by atoms with van der Waals surface area (Å²) in [6.07, 6.45) is 0.394. The van der Waals surface area contributed by atoms with Gasteiger partial charge in [-0.3, -0.25) is 4.79 Å². The summed E-state index contributed by atoms with van der Waals surface area (Å²) in [6, 6.07) is 1.87. The Kier molecular flexibility index (Phi) is 4.75. The molecule has 1 unspecified atom stereocenters. The summed E-state index contributed by atoms with van der Waals surface area (Å²) in [7, 11) is 0. The van der Waals surface area contributed by atoms with Crippen molar-refractivity contribution in [3.63, 3.8) is 0 Å². The summed E-state index contributed by atoms with van der Waals surface area (Å²) < 4.78 is 0. The second kappa shape index (κ2) is 6.08. The maximum Gasteiger partial charge on any atom is 0.239 e. The fourth-order valence-electron chi connectivity index (χ4n) is 1.37. The Morgan fingerprint density at radius 2 is 1.89 bits per heavy atom. The molecular weight excluding hydrogens is 238 g/mol. The second-order valence-electron chi connectivity index (χ2n) is 3.88. The Labute approximate surface area is 104 Å². The minimum absolute atomic E-state index is 0.0786. The van der Waals surface area contributed by atoms with Gasteiger partial charge in [-0.1, -0.05) is 0 Å². The molecule has 0 heterocycles. The van der Waals surface area contributed by atoms with Crippen LogP contribution < -0.4 is 16.8 Å². The van der Waals surface area contributed by atoms with Crippen molar-refractivity contribution in [3.05, 3.63) is 17.7 Å². The van der Waals surface area contributed by atoms with Crippen LogP contribution in [0.2, 0.25) is 0 Å². The van der Waals surface area contributed by atoms with Gasteiger partial charge in [0, 0.05) is 6.54 Å². The van der Waals surface area contributed by atoms with Crippen LogP contribution in [0.15, 0.2) is 12.1 Å². The van der Waals surface area contributed by atoms with Crippen LogP contribution >= 0.6 is 0 Å². The molecule has 0 aliphatic heterocycles. The molecular formula is C11H17N3O4. The molecule has 0 spiro atoms. The van der Waals surface area contributed by atoms with Crippen molar-refractivity contribution in [2.45, 2.75) is 12.5 Å². The maximum absolute atomic E-state index is 11.2. The van der Waals surface area contributed by atoms with E-state index in [9.17, 15) is 15.0 Å². The number of nitrogens with one attached hydrogen (secondary N) is 1. The first-order chi connectivity index (χ1) is 8.45. The molecule has 0 fully saturated rings. The zero-order valence-electron chi connectivity index (χ0n) is 9.76. The number of rotatable bonds is 5. The molecule has 1 atom stereocenters. The number of phenols is 2. The van der Waals surface area contributed by atoms with Crippen molar-refractivity contribution in [1.29, 1.82) is 0 Å². The van der Waals surface area contributed by atoms with E-state index in [4.69, 9.17) is 16.6 Å². The van der Waals surface area contributed by atoms with Gasteiger partial charge in [-0.05, 0) is 24.1 Å². The predicted molar refractivity (Wildman–Crippen MR) is 66.0 cm³/mol. The fraction of sp³-hybridized carbons (Fsp3) is 0.364. The molecule has 1 aromatic carbocycles. The number of nitrogen functional groups attached to an aromatic ring is 1. The van der Waals surface area contributed by atoms with Gasteiger partial charge in [0.2, 0.25) is 5.91 Å². The third-order valence-electron chi connectivity index (χ3n) is 2.44. The van der Waals surface area contributed by atoms with E-state index in [2.05, 4.69) is 5.32 Å². The summed E-state index contributed by atoms with van der Waals surface area (Å²) in [5, 5.41) is 30.0. The first-order valence-electron chi connectivity index (χ1n) is 5.40. The molecule has 0 bridgehead atoms. The molecule has 0 saturated carbocycles. The first-order valence-corrected chi connectivity index (χ1v) is 5.40. The summed E-state index contributed by atoms with van der Waals surface area (Å²) in [6.45, 7) is -0.148. The zero-order chi connectivity index (χ0) is 13.7. The lowest BCUT2D eigenvalue weighted by atomic mass is 10.1. The van der Waals surface area contributed by atoms with Crippen LogP contribution in [0, 0.1) is 0 Å². The van der Waals surface area contributed by atoms with Crippen LogP contribution in [0.5, 0.6) is 11.5 Å². The molecule has 1 aromatic rings. The SMILES string of the molecule is Nc1c(O)cc(CCNC(=O)C(N)CO)cc1O. The average molecular weight is 255 g/mol. The van der Waals surface area contributed by atoms with Gasteiger partial charge in [0.05, 0.1) is 6.61 Å². The number of carbonyl (C=O) groups excluding carboxylic acids is 1. The summed E-state index contributed by atoms with van der Waals surface area (Å²) in [4.78, 5) is 11.2. The van der Waals surface area contributed by atoms with Crippen LogP contribution in [-0.2, 0) is 11.2 Å². The topological polar surface area (TPSA) is 142 Å². The molecule has 8 N–H and O–H groups in total. The third kappa shape index (κ3) is 3.51. The van der Waals surface area contributed by atoms with Crippen molar-refractivity contribution in [2.75, 3.05) is 18.9 Å². The fourth-order valence-corrected chi connectivity index (χ4v) is 1.37. The van der Waals surface area contributed by atoms with E-state index in [0.29, 0.717) is 12.0 Å². The lowest BCUT2D eigenvalue weighted by molar-refractivity contribution is -0.123. The summed E-state index contributed by atoms with van der Waals surface area (Å²) in [5.41, 5.74) is 11.2. The number of benzene rings is 1. The summed E-state index contributed by atoms with van der Waals surface area (Å²) in [5.74, 6) is -0.867. The smallest absolute Gasteiger partial charge is 0.239 e. The van der Waals surface area contributed by atoms with Crippen LogP contribution in [0.1, 0.15) is 5.56 Å². The number of aliphatic hydroxyl groups excluding tert-OH is 1. The number of hydrogen-bond acceptors (Lipinski definition) is 6. The van der Waals surface area contributed by atoms with Gasteiger partial charge < -0.3 is 32.1 Å². The molecule has 0 radical (unpaired) electrons. The normalized spacial score (nSPS) is 12.1. The highest BCUT2D eigenvalue weighted by Gasteiger charge is 2.11. The summed E-state index contributed by atoms with van der Waals surface area (Å²) >= 11 is 0. The van der Waals surface area contributed by atoms with Crippen LogP contribution in [-0.4, -0.2) is 40.4 Å². The van der Waals surface area contributed by atoms with Gasteiger partial charge in [-0.25, -0.2) is 0 Å². The minimum atomic E-state index is -0.946. The van der Waals surface area contributed by atoms with Gasteiger partial charge in [-0.2, -0.15) is 0 Å². The van der Waals surface area contributed by atoms with Crippen LogP contribution in [0.3, 0.4) is 0 Å². The van der Waals surface area contributed by atoms with Gasteiger partial charge in [0.15, 0.2) is 0 Å². The Hall–Kier alpha value is -1.99. The molecule has 7 heteroatoms. The maximum atomic E-state index is 11.2. The Morgan fingerprint density at radius 3 is 2.39 bits per heavy atom. The highest BCUT2D eigenvalue weighted by Crippen LogP contribution is 2.31. The predicted octanol–water partition coefficient (Wildman–Crippen LogP) is -1.34. The van der Waals surface area contributed by atoms with Crippen molar-refractivity contribution in [2.24, 2.45) is 5.73 Å². The number of phenolic OH excluding ortho intramolecular Hbond substituents is 2. The molecule has 1 amide bonds. The van der Waals surface area contributed by atoms with Gasteiger partial charge in [-0.15, -0.1) is 0 Å². The minimum Gasteiger partial charge on any atom is -0.506 e. The number of amides is 1. The average Bonchev–Trinajstić information content (AvgIpc) is 2.34. The van der Waals surface area contributed by atoms with Crippen molar-refractivity contribution >= 4 is 11.6 Å². The number of aromatic hydroxyl groups is 2. The van der Waals surface area contributed by atoms with Crippen molar-refractivity contribution in [1.82, 2.24) is 5.32 Å². The second-order valence-corrected chi connectivity index (χ2v) is 3.88. The Bertz CT molecular complexity index is 413. The standard InChI is InChI=1S/C11H17N3O4/c12-7(5-15)11(18)14-2-1-6-3-8(16)10(13)9(17)4-6/h3-4,7,15-17H,1-2,5,12-13H2,(H,14,18). The largest absolute Gasteiger partial charge is 0.506 e. The molecule has 1 rings (SSSR count). The molecule has 100 valence electrons. The molecule has 0 aromatic heterocycles. The van der Waals surface area contributed by atoms with Crippen molar-refractivity contribution in [3.8, 4) is 11.5 Å². The highest BCUT2D eigenvalue weighted by molar-refractivity contribution is 5.81. The molecule has 0 saturated heterocycles. The van der Waals surface area contributed by atoms with Crippen LogP contribution in [0.4, 0.5) is 5.69 Å². The number of nitrogens with two attached hydrogens (primary N) is 2. The van der Waals surface area contributed by atoms with Gasteiger partial charge in [0.1, 0.15) is 23.2 Å². The van der Waals surface area contributed by atoms with E-state index >= 15 is 0 Å². The number of carbonyl (C=O) groups is 1. The Morgan fingerprint density at radius 1 is 1.33 bits per heavy atom. The first kappa shape index (κ1) is 14.1. The van der Waals surface area contributed by atoms with E-state index in [0.717, 1.165) is 0 Å². The Balaban J connectivity index is 2.52. The van der Waals surface area contributed by atoms with E-state index in [1.807, 2.05) is 0 Å².